The summed E-state index contributed by atoms with van der Waals surface area (Å²) in [4.78, 5) is 9.63. The Morgan fingerprint density at radius 2 is 2.03 bits per heavy atom. The third-order valence-corrected chi connectivity index (χ3v) is 8.44. The molecule has 9 nitrogen and oxygen atoms in total. The first-order valence-corrected chi connectivity index (χ1v) is 14.2. The highest BCUT2D eigenvalue weighted by Crippen LogP contribution is 2.47. The molecule has 1 aromatic carbocycles. The van der Waals surface area contributed by atoms with E-state index in [0.29, 0.717) is 17.4 Å². The number of aliphatic hydroxyl groups excluding tert-OH is 1. The van der Waals surface area contributed by atoms with Crippen LogP contribution in [-0.4, -0.2) is 74.0 Å². The fraction of sp³-hybridized carbons (Fsp3) is 0.615. The second kappa shape index (κ2) is 10.1. The average Bonchev–Trinajstić information content (AvgIpc) is 3.46. The molecular weight excluding hydrogens is 516 g/mol. The zero-order valence-corrected chi connectivity index (χ0v) is 22.4. The van der Waals surface area contributed by atoms with E-state index in [0.717, 1.165) is 35.3 Å². The van der Waals surface area contributed by atoms with Gasteiger partial charge in [0.25, 0.3) is 0 Å². The summed E-state index contributed by atoms with van der Waals surface area (Å²) in [6.45, 7) is 6.09. The zero-order chi connectivity index (χ0) is 26.6. The average molecular weight is 550 g/mol. The highest BCUT2D eigenvalue weighted by atomic mass is 32.2. The van der Waals surface area contributed by atoms with E-state index in [4.69, 9.17) is 24.2 Å². The van der Waals surface area contributed by atoms with Gasteiger partial charge in [0.1, 0.15) is 17.7 Å². The molecule has 2 aliphatic carbocycles. The van der Waals surface area contributed by atoms with E-state index in [1.807, 2.05) is 18.5 Å². The van der Waals surface area contributed by atoms with E-state index < -0.39 is 17.4 Å². The molecule has 0 amide bonds. The maximum Gasteiger partial charge on any atom is 0.191 e. The lowest BCUT2D eigenvalue weighted by molar-refractivity contribution is -0.171. The van der Waals surface area contributed by atoms with E-state index in [1.54, 1.807) is 17.8 Å². The number of ether oxygens (including phenoxy) is 3. The van der Waals surface area contributed by atoms with Crippen LogP contribution in [0.5, 0.6) is 0 Å². The summed E-state index contributed by atoms with van der Waals surface area (Å²) in [6.07, 6.45) is 1.77. The normalized spacial score (nSPS) is 29.7. The van der Waals surface area contributed by atoms with Crippen LogP contribution in [0.25, 0.3) is 11.2 Å². The molecule has 0 radical (unpaired) electrons. The highest BCUT2D eigenvalue weighted by molar-refractivity contribution is 7.99. The number of aliphatic hydroxyl groups is 1. The molecule has 206 valence electrons. The molecule has 2 saturated carbocycles. The predicted octanol–water partition coefficient (Wildman–Crippen LogP) is 4.35. The van der Waals surface area contributed by atoms with Gasteiger partial charge in [0.2, 0.25) is 0 Å². The van der Waals surface area contributed by atoms with Crippen molar-refractivity contribution in [2.24, 2.45) is 0 Å². The lowest BCUT2D eigenvalue weighted by Gasteiger charge is -2.28. The Kier molecular flexibility index (Phi) is 6.88. The van der Waals surface area contributed by atoms with Crippen molar-refractivity contribution >= 4 is 28.7 Å². The number of anilines is 1. The topological polar surface area (TPSA) is 106 Å². The Morgan fingerprint density at radius 3 is 2.79 bits per heavy atom. The number of rotatable bonds is 10. The molecule has 1 saturated heterocycles. The van der Waals surface area contributed by atoms with Gasteiger partial charge in [0.15, 0.2) is 34.0 Å². The van der Waals surface area contributed by atoms with Gasteiger partial charge >= 0.3 is 0 Å². The molecule has 0 spiro atoms. The van der Waals surface area contributed by atoms with E-state index in [-0.39, 0.29) is 49.5 Å². The molecule has 3 heterocycles. The van der Waals surface area contributed by atoms with Gasteiger partial charge in [-0.2, -0.15) is 0 Å². The van der Waals surface area contributed by atoms with Gasteiger partial charge in [-0.3, -0.25) is 9.78 Å². The summed E-state index contributed by atoms with van der Waals surface area (Å²) in [5, 5.41) is 16.9. The summed E-state index contributed by atoms with van der Waals surface area (Å²) >= 11 is 1.60. The van der Waals surface area contributed by atoms with Crippen molar-refractivity contribution in [3.8, 4) is 0 Å². The summed E-state index contributed by atoms with van der Waals surface area (Å²) in [7, 11) is 0. The molecule has 6 atom stereocenters. The van der Waals surface area contributed by atoms with Gasteiger partial charge in [-0.15, -0.1) is 0 Å². The molecule has 3 N–H and O–H groups in total. The Hall–Kier alpha value is -2.25. The van der Waals surface area contributed by atoms with Crippen LogP contribution in [0, 0.1) is 11.6 Å². The number of hydrogen-bond acceptors (Lipinski definition) is 8. The number of halogens is 2. The molecule has 12 heteroatoms. The van der Waals surface area contributed by atoms with Crippen molar-refractivity contribution in [1.82, 2.24) is 19.7 Å². The largest absolute Gasteiger partial charge is 0.394 e. The van der Waals surface area contributed by atoms with Crippen LogP contribution in [0.15, 0.2) is 23.4 Å². The van der Waals surface area contributed by atoms with Crippen molar-refractivity contribution < 1.29 is 28.1 Å². The van der Waals surface area contributed by atoms with Gasteiger partial charge < -0.3 is 24.6 Å². The van der Waals surface area contributed by atoms with Gasteiger partial charge in [0, 0.05) is 24.1 Å². The van der Waals surface area contributed by atoms with Gasteiger partial charge in [-0.25, -0.2) is 18.7 Å². The van der Waals surface area contributed by atoms with E-state index in [9.17, 15) is 13.9 Å². The minimum atomic E-state index is -0.837. The molecular formula is C26H33F2N5O4S. The molecule has 38 heavy (non-hydrogen) atoms. The van der Waals surface area contributed by atoms with Crippen molar-refractivity contribution in [2.45, 2.75) is 87.3 Å². The lowest BCUT2D eigenvalue weighted by atomic mass is 10.1. The van der Waals surface area contributed by atoms with Crippen LogP contribution in [0.2, 0.25) is 0 Å². The Balaban J connectivity index is 1.27. The Morgan fingerprint density at radius 1 is 1.21 bits per heavy atom. The Labute approximate surface area is 223 Å². The van der Waals surface area contributed by atoms with Crippen molar-refractivity contribution in [2.75, 3.05) is 24.3 Å². The number of nitrogens with one attached hydrogen (secondary N) is 2. The quantitative estimate of drug-likeness (QED) is 0.253. The van der Waals surface area contributed by atoms with Crippen LogP contribution in [0.4, 0.5) is 14.6 Å². The zero-order valence-electron chi connectivity index (χ0n) is 21.6. The molecule has 6 rings (SSSR count). The standard InChI is InChI=1S/C26H33F2N5O4S/c1-4-9-38-25-30-23(29-17-11-14(17)13-5-6-15(27)16(28)10-13)20-24(31-25)33(32-20)18-12-19(35-8-7-34)22-21(18)36-26(2,3)37-22/h5-6,10,14,17-19,21-22,32,34H,4,7-9,11-12H2,1-3H3,(H,29,30,31)/t14-,17+,18+,19-,21-,22+/m0/s1. The first-order chi connectivity index (χ1) is 18.3. The van der Waals surface area contributed by atoms with Gasteiger partial charge in [-0.05, 0) is 44.4 Å². The van der Waals surface area contributed by atoms with E-state index in [2.05, 4.69) is 17.3 Å². The number of aromatic nitrogens is 4. The molecule has 3 fully saturated rings. The number of nitrogens with zero attached hydrogens (tertiary/aromatic N) is 3. The monoisotopic (exact) mass is 549 g/mol. The summed E-state index contributed by atoms with van der Waals surface area (Å²) in [6, 6.07) is 4.08. The van der Waals surface area contributed by atoms with Crippen LogP contribution in [-0.2, 0) is 14.2 Å². The predicted molar refractivity (Wildman–Crippen MR) is 138 cm³/mol. The SMILES string of the molecule is CCCSc1nc(N[C@@H]2C[C@H]2c2ccc(F)c(F)c2)c2[nH]n([C@@H]3C[C@H](OCCO)[C@H]4OC(C)(C)O[C@H]43)c2n1. The highest BCUT2D eigenvalue weighted by Gasteiger charge is 2.56. The molecule has 1 aliphatic heterocycles. The van der Waals surface area contributed by atoms with Crippen LogP contribution in [0.3, 0.4) is 0 Å². The maximum atomic E-state index is 13.8. The van der Waals surface area contributed by atoms with Crippen molar-refractivity contribution in [1.29, 1.82) is 0 Å². The molecule has 0 bridgehead atoms. The maximum absolute atomic E-state index is 13.8. The first-order valence-electron chi connectivity index (χ1n) is 13.2. The fourth-order valence-electron chi connectivity index (χ4n) is 5.60. The molecule has 0 unspecified atom stereocenters. The van der Waals surface area contributed by atoms with Crippen molar-refractivity contribution in [3.63, 3.8) is 0 Å². The summed E-state index contributed by atoms with van der Waals surface area (Å²) in [5.41, 5.74) is 2.36. The lowest BCUT2D eigenvalue weighted by Crippen LogP contribution is -2.32. The summed E-state index contributed by atoms with van der Waals surface area (Å²) < 4.78 is 47.5. The minimum absolute atomic E-state index is 0.0550. The number of fused-ring (bicyclic) bond motifs is 2. The van der Waals surface area contributed by atoms with E-state index >= 15 is 0 Å². The number of hydrogen-bond donors (Lipinski definition) is 3. The smallest absolute Gasteiger partial charge is 0.191 e. The van der Waals surface area contributed by atoms with Crippen LogP contribution < -0.4 is 5.32 Å². The second-order valence-electron chi connectivity index (χ2n) is 10.7. The van der Waals surface area contributed by atoms with E-state index in [1.165, 1.54) is 12.1 Å². The number of benzene rings is 1. The summed E-state index contributed by atoms with van der Waals surface area (Å²) in [5.74, 6) is -0.716. The van der Waals surface area contributed by atoms with Crippen LogP contribution >= 0.6 is 11.8 Å². The first kappa shape index (κ1) is 26.0. The Bertz CT molecular complexity index is 1320. The van der Waals surface area contributed by atoms with Gasteiger partial charge in [0.05, 0.1) is 25.4 Å². The molecule has 3 aliphatic rings. The van der Waals surface area contributed by atoms with Crippen molar-refractivity contribution in [3.05, 3.63) is 35.4 Å². The minimum Gasteiger partial charge on any atom is -0.394 e. The molecule has 2 aromatic heterocycles. The van der Waals surface area contributed by atoms with Gasteiger partial charge in [-0.1, -0.05) is 24.8 Å². The number of thioether (sulfide) groups is 1. The number of aromatic amines is 1. The number of H-pyrrole nitrogens is 1. The second-order valence-corrected chi connectivity index (χ2v) is 11.7. The third-order valence-electron chi connectivity index (χ3n) is 7.39. The fourth-order valence-corrected chi connectivity index (χ4v) is 6.29. The van der Waals surface area contributed by atoms with Crippen LogP contribution in [0.1, 0.15) is 57.6 Å². The molecule has 3 aromatic rings. The third kappa shape index (κ3) is 4.81.